The van der Waals surface area contributed by atoms with Gasteiger partial charge in [0, 0.05) is 20.1 Å². The minimum Gasteiger partial charge on any atom is -0.355 e. The third kappa shape index (κ3) is 5.07. The van der Waals surface area contributed by atoms with Crippen LogP contribution in [0.2, 0.25) is 0 Å². The fourth-order valence-electron chi connectivity index (χ4n) is 1.59. The number of rotatable bonds is 7. The zero-order chi connectivity index (χ0) is 14.3. The van der Waals surface area contributed by atoms with Crippen molar-refractivity contribution in [3.63, 3.8) is 0 Å². The highest BCUT2D eigenvalue weighted by atomic mass is 16.2. The van der Waals surface area contributed by atoms with Crippen molar-refractivity contribution in [3.8, 4) is 0 Å². The van der Waals surface area contributed by atoms with E-state index < -0.39 is 5.41 Å². The molecule has 0 aromatic rings. The molecule has 0 unspecified atom stereocenters. The average molecular weight is 256 g/mol. The zero-order valence-corrected chi connectivity index (χ0v) is 12.7. The number of nitrogens with zero attached hydrogens (tertiary/aromatic N) is 1. The van der Waals surface area contributed by atoms with E-state index >= 15 is 0 Å². The van der Waals surface area contributed by atoms with Gasteiger partial charge < -0.3 is 10.2 Å². The topological polar surface area (TPSA) is 49.4 Å². The van der Waals surface area contributed by atoms with E-state index in [-0.39, 0.29) is 11.8 Å². The third-order valence-corrected chi connectivity index (χ3v) is 2.97. The van der Waals surface area contributed by atoms with E-state index in [1.807, 2.05) is 13.8 Å². The monoisotopic (exact) mass is 256 g/mol. The summed E-state index contributed by atoms with van der Waals surface area (Å²) in [6.07, 6.45) is 2.00. The number of nitrogens with one attached hydrogen (secondary N) is 1. The van der Waals surface area contributed by atoms with Gasteiger partial charge in [-0.1, -0.05) is 27.2 Å². The SMILES string of the molecule is CCCCN(C)C(=O)C(C)(C)C(=O)NCC(C)C. The van der Waals surface area contributed by atoms with Crippen LogP contribution in [-0.2, 0) is 9.59 Å². The van der Waals surface area contributed by atoms with E-state index in [0.717, 1.165) is 12.8 Å². The molecule has 0 aromatic carbocycles. The van der Waals surface area contributed by atoms with Crippen LogP contribution in [0.15, 0.2) is 0 Å². The van der Waals surface area contributed by atoms with Crippen LogP contribution in [0.1, 0.15) is 47.5 Å². The molecule has 0 rings (SSSR count). The fraction of sp³-hybridized carbons (Fsp3) is 0.857. The second kappa shape index (κ2) is 7.39. The highest BCUT2D eigenvalue weighted by Gasteiger charge is 2.37. The molecule has 0 spiro atoms. The number of carbonyl (C=O) groups is 2. The van der Waals surface area contributed by atoms with Gasteiger partial charge in [0.05, 0.1) is 0 Å². The summed E-state index contributed by atoms with van der Waals surface area (Å²) in [7, 11) is 1.76. The Morgan fingerprint density at radius 2 is 1.83 bits per heavy atom. The van der Waals surface area contributed by atoms with Crippen molar-refractivity contribution in [1.82, 2.24) is 10.2 Å². The Hall–Kier alpha value is -1.06. The Balaban J connectivity index is 4.49. The first-order chi connectivity index (χ1) is 8.23. The molecule has 0 fully saturated rings. The van der Waals surface area contributed by atoms with Gasteiger partial charge in [-0.3, -0.25) is 9.59 Å². The lowest BCUT2D eigenvalue weighted by Crippen LogP contribution is -2.49. The maximum absolute atomic E-state index is 12.2. The van der Waals surface area contributed by atoms with Gasteiger partial charge in [-0.15, -0.1) is 0 Å². The summed E-state index contributed by atoms with van der Waals surface area (Å²) < 4.78 is 0. The second-order valence-electron chi connectivity index (χ2n) is 5.81. The summed E-state index contributed by atoms with van der Waals surface area (Å²) in [6.45, 7) is 10.8. The summed E-state index contributed by atoms with van der Waals surface area (Å²) in [5.74, 6) is 0.0828. The maximum Gasteiger partial charge on any atom is 0.237 e. The van der Waals surface area contributed by atoms with Gasteiger partial charge in [0.1, 0.15) is 5.41 Å². The summed E-state index contributed by atoms with van der Waals surface area (Å²) in [4.78, 5) is 25.9. The van der Waals surface area contributed by atoms with Crippen LogP contribution < -0.4 is 5.32 Å². The Labute approximate surface area is 111 Å². The first-order valence-electron chi connectivity index (χ1n) is 6.77. The summed E-state index contributed by atoms with van der Waals surface area (Å²) >= 11 is 0. The first kappa shape index (κ1) is 16.9. The Kier molecular flexibility index (Phi) is 6.96. The van der Waals surface area contributed by atoms with Crippen LogP contribution in [0.25, 0.3) is 0 Å². The van der Waals surface area contributed by atoms with Gasteiger partial charge in [0.15, 0.2) is 0 Å². The standard InChI is InChI=1S/C14H28N2O2/c1-7-8-9-16(6)13(18)14(4,5)12(17)15-10-11(2)3/h11H,7-10H2,1-6H3,(H,15,17). The molecule has 0 heterocycles. The van der Waals surface area contributed by atoms with Crippen molar-refractivity contribution >= 4 is 11.8 Å². The first-order valence-corrected chi connectivity index (χ1v) is 6.77. The molecule has 18 heavy (non-hydrogen) atoms. The fourth-order valence-corrected chi connectivity index (χ4v) is 1.59. The van der Waals surface area contributed by atoms with Gasteiger partial charge in [0.2, 0.25) is 11.8 Å². The number of carbonyl (C=O) groups excluding carboxylic acids is 2. The molecule has 0 bridgehead atoms. The van der Waals surface area contributed by atoms with E-state index in [4.69, 9.17) is 0 Å². The molecule has 4 nitrogen and oxygen atoms in total. The predicted octanol–water partition coefficient (Wildman–Crippen LogP) is 2.04. The zero-order valence-electron chi connectivity index (χ0n) is 12.7. The molecule has 0 aliphatic rings. The molecule has 0 saturated carbocycles. The van der Waals surface area contributed by atoms with Crippen LogP contribution in [0.4, 0.5) is 0 Å². The smallest absolute Gasteiger partial charge is 0.237 e. The van der Waals surface area contributed by atoms with E-state index in [0.29, 0.717) is 19.0 Å². The molecule has 2 amide bonds. The molecule has 4 heteroatoms. The maximum atomic E-state index is 12.2. The number of unbranched alkanes of at least 4 members (excludes halogenated alkanes) is 1. The second-order valence-corrected chi connectivity index (χ2v) is 5.81. The van der Waals surface area contributed by atoms with E-state index in [2.05, 4.69) is 12.2 Å². The predicted molar refractivity (Wildman–Crippen MR) is 74.2 cm³/mol. The van der Waals surface area contributed by atoms with Crippen molar-refractivity contribution in [2.45, 2.75) is 47.5 Å². The van der Waals surface area contributed by atoms with Crippen LogP contribution in [0.3, 0.4) is 0 Å². The van der Waals surface area contributed by atoms with Crippen LogP contribution >= 0.6 is 0 Å². The van der Waals surface area contributed by atoms with Crippen LogP contribution in [0, 0.1) is 11.3 Å². The normalized spacial score (nSPS) is 11.5. The van der Waals surface area contributed by atoms with Crippen molar-refractivity contribution < 1.29 is 9.59 Å². The van der Waals surface area contributed by atoms with Crippen molar-refractivity contribution in [3.05, 3.63) is 0 Å². The van der Waals surface area contributed by atoms with Gasteiger partial charge in [-0.25, -0.2) is 0 Å². The summed E-state index contributed by atoms with van der Waals surface area (Å²) in [6, 6.07) is 0. The van der Waals surface area contributed by atoms with Crippen molar-refractivity contribution in [1.29, 1.82) is 0 Å². The number of amides is 2. The van der Waals surface area contributed by atoms with E-state index in [1.165, 1.54) is 0 Å². The highest BCUT2D eigenvalue weighted by molar-refractivity contribution is 6.04. The molecule has 0 aliphatic heterocycles. The Morgan fingerprint density at radius 1 is 1.28 bits per heavy atom. The molecule has 0 radical (unpaired) electrons. The molecular formula is C14H28N2O2. The van der Waals surface area contributed by atoms with E-state index in [1.54, 1.807) is 25.8 Å². The summed E-state index contributed by atoms with van der Waals surface area (Å²) in [5, 5.41) is 2.83. The van der Waals surface area contributed by atoms with Gasteiger partial charge in [0.25, 0.3) is 0 Å². The molecule has 0 atom stereocenters. The number of hydrogen-bond acceptors (Lipinski definition) is 2. The Bertz CT molecular complexity index is 286. The molecule has 0 saturated heterocycles. The molecular weight excluding hydrogens is 228 g/mol. The quantitative estimate of drug-likeness (QED) is 0.709. The van der Waals surface area contributed by atoms with Gasteiger partial charge in [-0.05, 0) is 26.2 Å². The average Bonchev–Trinajstić information content (AvgIpc) is 2.31. The van der Waals surface area contributed by atoms with Gasteiger partial charge >= 0.3 is 0 Å². The van der Waals surface area contributed by atoms with Crippen LogP contribution in [0.5, 0.6) is 0 Å². The minimum atomic E-state index is -0.989. The number of hydrogen-bond donors (Lipinski definition) is 1. The highest BCUT2D eigenvalue weighted by Crippen LogP contribution is 2.19. The summed E-state index contributed by atoms with van der Waals surface area (Å²) in [5.41, 5.74) is -0.989. The van der Waals surface area contributed by atoms with Gasteiger partial charge in [-0.2, -0.15) is 0 Å². The third-order valence-electron chi connectivity index (χ3n) is 2.97. The molecule has 1 N–H and O–H groups in total. The lowest BCUT2D eigenvalue weighted by Gasteiger charge is -2.28. The van der Waals surface area contributed by atoms with Crippen molar-refractivity contribution in [2.75, 3.05) is 20.1 Å². The lowest BCUT2D eigenvalue weighted by molar-refractivity contribution is -0.147. The Morgan fingerprint density at radius 3 is 2.28 bits per heavy atom. The minimum absolute atomic E-state index is 0.114. The van der Waals surface area contributed by atoms with Crippen molar-refractivity contribution in [2.24, 2.45) is 11.3 Å². The van der Waals surface area contributed by atoms with E-state index in [9.17, 15) is 9.59 Å². The molecule has 106 valence electrons. The lowest BCUT2D eigenvalue weighted by atomic mass is 9.90. The molecule has 0 aromatic heterocycles. The molecule has 0 aliphatic carbocycles. The largest absolute Gasteiger partial charge is 0.355 e. The van der Waals surface area contributed by atoms with Crippen LogP contribution in [-0.4, -0.2) is 36.9 Å².